The Bertz CT molecular complexity index is 191. The third-order valence-electron chi connectivity index (χ3n) is 3.60. The lowest BCUT2D eigenvalue weighted by Crippen LogP contribution is -2.62. The molecule has 0 aromatic heterocycles. The molecule has 1 saturated carbocycles. The molecular formula is C10H18N2O. The van der Waals surface area contributed by atoms with Gasteiger partial charge in [-0.3, -0.25) is 4.90 Å². The first-order chi connectivity index (χ1) is 6.45. The highest BCUT2D eigenvalue weighted by Crippen LogP contribution is 2.37. The van der Waals surface area contributed by atoms with Gasteiger partial charge in [-0.2, -0.15) is 0 Å². The number of fused-ring (bicyclic) bond motifs is 1. The van der Waals surface area contributed by atoms with E-state index in [1.165, 1.54) is 19.4 Å². The highest BCUT2D eigenvalue weighted by Gasteiger charge is 2.40. The third-order valence-corrected chi connectivity index (χ3v) is 3.60. The number of morpholine rings is 1. The zero-order valence-electron chi connectivity index (χ0n) is 8.04. The lowest BCUT2D eigenvalue weighted by Gasteiger charge is -2.45. The third kappa shape index (κ3) is 1.49. The second-order valence-electron chi connectivity index (χ2n) is 4.53. The van der Waals surface area contributed by atoms with Gasteiger partial charge < -0.3 is 10.1 Å². The molecule has 13 heavy (non-hydrogen) atoms. The van der Waals surface area contributed by atoms with Crippen LogP contribution in [0.1, 0.15) is 12.8 Å². The van der Waals surface area contributed by atoms with Gasteiger partial charge in [-0.1, -0.05) is 0 Å². The minimum atomic E-state index is 0.660. The summed E-state index contributed by atoms with van der Waals surface area (Å²) in [5.74, 6) is 0.994. The minimum absolute atomic E-state index is 0.660. The number of piperazine rings is 1. The monoisotopic (exact) mass is 182 g/mol. The number of nitrogens with one attached hydrogen (secondary N) is 1. The molecule has 1 aliphatic carbocycles. The lowest BCUT2D eigenvalue weighted by molar-refractivity contribution is -0.0465. The molecule has 0 aromatic rings. The molecule has 0 radical (unpaired) electrons. The number of nitrogens with zero attached hydrogens (tertiary/aromatic N) is 1. The van der Waals surface area contributed by atoms with E-state index in [-0.39, 0.29) is 0 Å². The van der Waals surface area contributed by atoms with Crippen molar-refractivity contribution >= 4 is 0 Å². The molecule has 2 aliphatic heterocycles. The van der Waals surface area contributed by atoms with Crippen molar-refractivity contribution in [1.82, 2.24) is 10.2 Å². The molecule has 2 saturated heterocycles. The molecule has 0 aromatic carbocycles. The first-order valence-corrected chi connectivity index (χ1v) is 5.49. The van der Waals surface area contributed by atoms with E-state index in [2.05, 4.69) is 10.2 Å². The Morgan fingerprint density at radius 3 is 3.00 bits per heavy atom. The van der Waals surface area contributed by atoms with Gasteiger partial charge in [0.05, 0.1) is 13.2 Å². The Kier molecular flexibility index (Phi) is 2.04. The van der Waals surface area contributed by atoms with Crippen LogP contribution in [0.15, 0.2) is 0 Å². The van der Waals surface area contributed by atoms with Gasteiger partial charge in [0, 0.05) is 31.7 Å². The molecule has 3 nitrogen and oxygen atoms in total. The van der Waals surface area contributed by atoms with Crippen LogP contribution in [0.5, 0.6) is 0 Å². The van der Waals surface area contributed by atoms with Crippen molar-refractivity contribution < 1.29 is 4.74 Å². The van der Waals surface area contributed by atoms with Gasteiger partial charge in [-0.05, 0) is 18.8 Å². The summed E-state index contributed by atoms with van der Waals surface area (Å²) in [6.45, 7) is 5.38. The molecule has 3 fully saturated rings. The number of hydrogen-bond donors (Lipinski definition) is 1. The molecular weight excluding hydrogens is 164 g/mol. The second kappa shape index (κ2) is 3.23. The molecule has 1 N–H and O–H groups in total. The Balaban J connectivity index is 1.71. The van der Waals surface area contributed by atoms with E-state index in [1.54, 1.807) is 0 Å². The van der Waals surface area contributed by atoms with Gasteiger partial charge in [0.1, 0.15) is 0 Å². The highest BCUT2D eigenvalue weighted by molar-refractivity contribution is 4.96. The van der Waals surface area contributed by atoms with E-state index in [0.717, 1.165) is 38.3 Å². The van der Waals surface area contributed by atoms with Gasteiger partial charge in [0.2, 0.25) is 0 Å². The summed E-state index contributed by atoms with van der Waals surface area (Å²) in [5, 5.41) is 3.53. The summed E-state index contributed by atoms with van der Waals surface area (Å²) in [6, 6.07) is 1.48. The fourth-order valence-electron chi connectivity index (χ4n) is 2.71. The Morgan fingerprint density at radius 2 is 2.15 bits per heavy atom. The summed E-state index contributed by atoms with van der Waals surface area (Å²) < 4.78 is 5.51. The van der Waals surface area contributed by atoms with Crippen LogP contribution >= 0.6 is 0 Å². The van der Waals surface area contributed by atoms with Crippen LogP contribution in [-0.2, 0) is 4.74 Å². The Morgan fingerprint density at radius 1 is 1.23 bits per heavy atom. The molecule has 2 unspecified atom stereocenters. The van der Waals surface area contributed by atoms with E-state index in [9.17, 15) is 0 Å². The maximum Gasteiger partial charge on any atom is 0.0635 e. The summed E-state index contributed by atoms with van der Waals surface area (Å²) in [7, 11) is 0. The number of hydrogen-bond acceptors (Lipinski definition) is 3. The van der Waals surface area contributed by atoms with Crippen molar-refractivity contribution in [3.05, 3.63) is 0 Å². The van der Waals surface area contributed by atoms with Crippen LogP contribution < -0.4 is 5.32 Å². The van der Waals surface area contributed by atoms with Gasteiger partial charge in [0.15, 0.2) is 0 Å². The largest absolute Gasteiger partial charge is 0.378 e. The molecule has 0 bridgehead atoms. The minimum Gasteiger partial charge on any atom is -0.378 e. The molecule has 2 heterocycles. The fourth-order valence-corrected chi connectivity index (χ4v) is 2.71. The SMILES string of the molecule is C1CN2C(CNCC2C2CC2)CO1. The van der Waals surface area contributed by atoms with Crippen LogP contribution in [0.3, 0.4) is 0 Å². The quantitative estimate of drug-likeness (QED) is 0.621. The maximum absolute atomic E-state index is 5.51. The number of rotatable bonds is 1. The molecule has 3 rings (SSSR count). The summed E-state index contributed by atoms with van der Waals surface area (Å²) in [5.41, 5.74) is 0. The van der Waals surface area contributed by atoms with E-state index < -0.39 is 0 Å². The maximum atomic E-state index is 5.51. The van der Waals surface area contributed by atoms with E-state index in [4.69, 9.17) is 4.74 Å². The molecule has 3 aliphatic rings. The second-order valence-corrected chi connectivity index (χ2v) is 4.53. The van der Waals surface area contributed by atoms with Gasteiger partial charge >= 0.3 is 0 Å². The van der Waals surface area contributed by atoms with Gasteiger partial charge in [0.25, 0.3) is 0 Å². The predicted molar refractivity (Wildman–Crippen MR) is 50.7 cm³/mol. The zero-order valence-corrected chi connectivity index (χ0v) is 8.04. The van der Waals surface area contributed by atoms with Gasteiger partial charge in [-0.15, -0.1) is 0 Å². The normalized spacial score (nSPS) is 41.5. The lowest BCUT2D eigenvalue weighted by atomic mass is 10.0. The van der Waals surface area contributed by atoms with Gasteiger partial charge in [-0.25, -0.2) is 0 Å². The first kappa shape index (κ1) is 8.21. The highest BCUT2D eigenvalue weighted by atomic mass is 16.5. The predicted octanol–water partition coefficient (Wildman–Crippen LogP) is 0.0690. The van der Waals surface area contributed by atoms with Crippen molar-refractivity contribution in [2.24, 2.45) is 5.92 Å². The van der Waals surface area contributed by atoms with Crippen LogP contribution in [0, 0.1) is 5.92 Å². The molecule has 0 spiro atoms. The van der Waals surface area contributed by atoms with Crippen molar-refractivity contribution in [2.45, 2.75) is 24.9 Å². The summed E-state index contributed by atoms with van der Waals surface area (Å²) in [6.07, 6.45) is 2.91. The Labute approximate surface area is 79.4 Å². The van der Waals surface area contributed by atoms with Crippen LogP contribution in [0.4, 0.5) is 0 Å². The smallest absolute Gasteiger partial charge is 0.0635 e. The van der Waals surface area contributed by atoms with Crippen molar-refractivity contribution in [3.8, 4) is 0 Å². The molecule has 3 heteroatoms. The topological polar surface area (TPSA) is 24.5 Å². The van der Waals surface area contributed by atoms with E-state index in [0.29, 0.717) is 6.04 Å². The standard InChI is InChI=1S/C10H18N2O/c1-2-8(1)10-6-11-5-9-7-13-4-3-12(9)10/h8-11H,1-7H2. The van der Waals surface area contributed by atoms with Crippen molar-refractivity contribution in [2.75, 3.05) is 32.8 Å². The van der Waals surface area contributed by atoms with Crippen LogP contribution in [0.2, 0.25) is 0 Å². The average molecular weight is 182 g/mol. The first-order valence-electron chi connectivity index (χ1n) is 5.49. The van der Waals surface area contributed by atoms with Crippen molar-refractivity contribution in [1.29, 1.82) is 0 Å². The van der Waals surface area contributed by atoms with Crippen LogP contribution in [-0.4, -0.2) is 49.8 Å². The average Bonchev–Trinajstić information content (AvgIpc) is 3.00. The van der Waals surface area contributed by atoms with E-state index in [1.807, 2.05) is 0 Å². The number of ether oxygens (including phenoxy) is 1. The Hall–Kier alpha value is -0.120. The molecule has 0 amide bonds. The summed E-state index contributed by atoms with van der Waals surface area (Å²) in [4.78, 5) is 2.69. The van der Waals surface area contributed by atoms with E-state index >= 15 is 0 Å². The molecule has 74 valence electrons. The van der Waals surface area contributed by atoms with Crippen LogP contribution in [0.25, 0.3) is 0 Å². The zero-order chi connectivity index (χ0) is 8.67. The van der Waals surface area contributed by atoms with Crippen molar-refractivity contribution in [3.63, 3.8) is 0 Å². The fraction of sp³-hybridized carbons (Fsp3) is 1.00. The molecule has 2 atom stereocenters. The summed E-state index contributed by atoms with van der Waals surface area (Å²) >= 11 is 0.